The lowest BCUT2D eigenvalue weighted by molar-refractivity contribution is -0.393. The van der Waals surface area contributed by atoms with Gasteiger partial charge in [0.15, 0.2) is 5.69 Å². The summed E-state index contributed by atoms with van der Waals surface area (Å²) in [5.74, 6) is -0.0674. The monoisotopic (exact) mass is 510 g/mol. The number of amides is 1. The molecular formula is C20H23ClN6O8. The molecule has 0 fully saturated rings. The maximum absolute atomic E-state index is 11.8. The van der Waals surface area contributed by atoms with Crippen molar-refractivity contribution in [2.24, 2.45) is 10.2 Å². The van der Waals surface area contributed by atoms with E-state index in [9.17, 15) is 25.0 Å². The summed E-state index contributed by atoms with van der Waals surface area (Å²) >= 11 is 6.03. The molecule has 0 bridgehead atoms. The number of hydrogen-bond donors (Lipinski definition) is 2. The highest BCUT2D eigenvalue weighted by Crippen LogP contribution is 2.42. The highest BCUT2D eigenvalue weighted by Gasteiger charge is 2.24. The van der Waals surface area contributed by atoms with Crippen molar-refractivity contribution in [3.63, 3.8) is 0 Å². The molecule has 0 saturated heterocycles. The molecule has 2 N–H and O–H groups in total. The largest absolute Gasteiger partial charge is 0.489 e. The van der Waals surface area contributed by atoms with Gasteiger partial charge in [-0.25, -0.2) is 0 Å². The van der Waals surface area contributed by atoms with Gasteiger partial charge in [0.1, 0.15) is 18.0 Å². The number of carbonyl (C=O) groups excluding carboxylic acids is 1. The second-order valence-corrected chi connectivity index (χ2v) is 7.22. The Kier molecular flexibility index (Phi) is 10.3. The van der Waals surface area contributed by atoms with Crippen LogP contribution in [0.15, 0.2) is 34.5 Å². The van der Waals surface area contributed by atoms with Gasteiger partial charge < -0.3 is 24.8 Å². The molecule has 0 spiro atoms. The maximum atomic E-state index is 11.8. The SMILES string of the molecule is COCCNc1cc(NC(C)=O)c(N=Nc2c(Cl)cc([N+](=O)[O-])cc2[N+](=O)[O-])cc1OCCOC. The molecule has 0 unspecified atom stereocenters. The van der Waals surface area contributed by atoms with E-state index < -0.39 is 27.1 Å². The fourth-order valence-corrected chi connectivity index (χ4v) is 2.99. The molecule has 0 aliphatic heterocycles. The fourth-order valence-electron chi connectivity index (χ4n) is 2.74. The van der Waals surface area contributed by atoms with Crippen LogP contribution in [0.25, 0.3) is 0 Å². The van der Waals surface area contributed by atoms with E-state index in [0.717, 1.165) is 12.1 Å². The summed E-state index contributed by atoms with van der Waals surface area (Å²) in [7, 11) is 3.06. The normalized spacial score (nSPS) is 10.9. The number of hydrogen-bond acceptors (Lipinski definition) is 11. The van der Waals surface area contributed by atoms with Gasteiger partial charge in [-0.05, 0) is 6.07 Å². The number of carbonyl (C=O) groups is 1. The summed E-state index contributed by atoms with van der Waals surface area (Å²) in [6, 6.07) is 4.68. The van der Waals surface area contributed by atoms with Crippen LogP contribution in [0.3, 0.4) is 0 Å². The minimum atomic E-state index is -0.857. The molecule has 2 aromatic carbocycles. The van der Waals surface area contributed by atoms with E-state index >= 15 is 0 Å². The number of rotatable bonds is 13. The summed E-state index contributed by atoms with van der Waals surface area (Å²) in [6.45, 7) is 2.62. The number of halogens is 1. The van der Waals surface area contributed by atoms with Gasteiger partial charge in [-0.2, -0.15) is 0 Å². The predicted molar refractivity (Wildman–Crippen MR) is 127 cm³/mol. The number of non-ortho nitro benzene ring substituents is 1. The van der Waals surface area contributed by atoms with E-state index in [-0.39, 0.29) is 28.7 Å². The van der Waals surface area contributed by atoms with Crippen LogP contribution in [-0.2, 0) is 14.3 Å². The third-order valence-electron chi connectivity index (χ3n) is 4.27. The molecule has 14 nitrogen and oxygen atoms in total. The minimum absolute atomic E-state index is 0.0913. The first kappa shape index (κ1) is 27.4. The Labute approximate surface area is 204 Å². The maximum Gasteiger partial charge on any atom is 0.305 e. The lowest BCUT2D eigenvalue weighted by Gasteiger charge is -2.16. The molecule has 0 heterocycles. The standard InChI is InChI=1S/C20H23ClN6O8/c1-12(28)23-15-10-17(22-4-5-33-2)19(35-7-6-34-3)11-16(15)24-25-20-14(21)8-13(26(29)30)9-18(20)27(31)32/h8-11,22H,4-7H2,1-3H3,(H,23,28). The topological polar surface area (TPSA) is 180 Å². The lowest BCUT2D eigenvalue weighted by Crippen LogP contribution is -2.12. The molecule has 0 aliphatic rings. The number of nitrogens with zero attached hydrogens (tertiary/aromatic N) is 4. The lowest BCUT2D eigenvalue weighted by atomic mass is 10.2. The number of azo groups is 1. The number of methoxy groups -OCH3 is 2. The molecule has 0 aromatic heterocycles. The van der Waals surface area contributed by atoms with Crippen LogP contribution in [0, 0.1) is 20.2 Å². The van der Waals surface area contributed by atoms with Gasteiger partial charge in [0.05, 0.1) is 45.5 Å². The van der Waals surface area contributed by atoms with Crippen LogP contribution >= 0.6 is 11.6 Å². The Hall–Kier alpha value is -3.88. The van der Waals surface area contributed by atoms with Crippen LogP contribution in [-0.4, -0.2) is 56.3 Å². The minimum Gasteiger partial charge on any atom is -0.489 e. The second-order valence-electron chi connectivity index (χ2n) is 6.82. The van der Waals surface area contributed by atoms with E-state index in [2.05, 4.69) is 20.9 Å². The van der Waals surface area contributed by atoms with Crippen LogP contribution in [0.4, 0.5) is 34.1 Å². The molecule has 2 aromatic rings. The van der Waals surface area contributed by atoms with Crippen LogP contribution in [0.2, 0.25) is 5.02 Å². The van der Waals surface area contributed by atoms with E-state index in [1.807, 2.05) is 0 Å². The average Bonchev–Trinajstić information content (AvgIpc) is 2.79. The van der Waals surface area contributed by atoms with Crippen LogP contribution in [0.1, 0.15) is 6.92 Å². The van der Waals surface area contributed by atoms with Crippen LogP contribution < -0.4 is 15.4 Å². The van der Waals surface area contributed by atoms with Crippen molar-refractivity contribution in [2.75, 3.05) is 51.2 Å². The van der Waals surface area contributed by atoms with Crippen molar-refractivity contribution in [3.05, 3.63) is 49.5 Å². The number of nitro benzene ring substituents is 2. The zero-order valence-corrected chi connectivity index (χ0v) is 19.8. The Morgan fingerprint density at radius 1 is 1.00 bits per heavy atom. The van der Waals surface area contributed by atoms with Gasteiger partial charge in [0.2, 0.25) is 5.91 Å². The number of anilines is 2. The van der Waals surface area contributed by atoms with E-state index in [0.29, 0.717) is 31.2 Å². The molecule has 0 atom stereocenters. The molecule has 0 radical (unpaired) electrons. The third kappa shape index (κ3) is 7.84. The molecule has 35 heavy (non-hydrogen) atoms. The summed E-state index contributed by atoms with van der Waals surface area (Å²) < 4.78 is 15.8. The third-order valence-corrected chi connectivity index (χ3v) is 4.56. The second kappa shape index (κ2) is 13.1. The highest BCUT2D eigenvalue weighted by atomic mass is 35.5. The van der Waals surface area contributed by atoms with Crippen molar-refractivity contribution in [3.8, 4) is 5.75 Å². The molecule has 2 rings (SSSR count). The van der Waals surface area contributed by atoms with Crippen molar-refractivity contribution < 1.29 is 28.9 Å². The van der Waals surface area contributed by atoms with Gasteiger partial charge in [-0.3, -0.25) is 25.0 Å². The van der Waals surface area contributed by atoms with Gasteiger partial charge in [0.25, 0.3) is 5.69 Å². The number of benzene rings is 2. The Bertz CT molecular complexity index is 1130. The van der Waals surface area contributed by atoms with Crippen molar-refractivity contribution in [1.82, 2.24) is 0 Å². The first-order valence-electron chi connectivity index (χ1n) is 10.0. The highest BCUT2D eigenvalue weighted by molar-refractivity contribution is 6.33. The van der Waals surface area contributed by atoms with Crippen molar-refractivity contribution in [2.45, 2.75) is 6.92 Å². The summed E-state index contributed by atoms with van der Waals surface area (Å²) in [5.41, 5.74) is -0.835. The Morgan fingerprint density at radius 2 is 1.71 bits per heavy atom. The van der Waals surface area contributed by atoms with Crippen LogP contribution in [0.5, 0.6) is 5.75 Å². The fraction of sp³-hybridized carbons (Fsp3) is 0.350. The van der Waals surface area contributed by atoms with Crippen molar-refractivity contribution >= 4 is 51.6 Å². The molecular weight excluding hydrogens is 488 g/mol. The van der Waals surface area contributed by atoms with Gasteiger partial charge in [0, 0.05) is 39.8 Å². The smallest absolute Gasteiger partial charge is 0.305 e. The summed E-state index contributed by atoms with van der Waals surface area (Å²) in [6.07, 6.45) is 0. The predicted octanol–water partition coefficient (Wildman–Crippen LogP) is 4.61. The van der Waals surface area contributed by atoms with E-state index in [1.54, 1.807) is 13.2 Å². The first-order chi connectivity index (χ1) is 16.7. The number of nitro groups is 2. The van der Waals surface area contributed by atoms with Gasteiger partial charge in [-0.15, -0.1) is 10.2 Å². The number of ether oxygens (including phenoxy) is 3. The molecule has 0 aliphatic carbocycles. The summed E-state index contributed by atoms with van der Waals surface area (Å²) in [4.78, 5) is 32.6. The molecule has 15 heteroatoms. The first-order valence-corrected chi connectivity index (χ1v) is 10.4. The summed E-state index contributed by atoms with van der Waals surface area (Å²) in [5, 5.41) is 35.8. The molecule has 188 valence electrons. The Morgan fingerprint density at radius 3 is 2.31 bits per heavy atom. The zero-order valence-electron chi connectivity index (χ0n) is 19.1. The van der Waals surface area contributed by atoms with Crippen molar-refractivity contribution in [1.29, 1.82) is 0 Å². The van der Waals surface area contributed by atoms with Gasteiger partial charge in [-0.1, -0.05) is 11.6 Å². The van der Waals surface area contributed by atoms with E-state index in [1.165, 1.54) is 20.1 Å². The average molecular weight is 511 g/mol. The van der Waals surface area contributed by atoms with Gasteiger partial charge >= 0.3 is 5.69 Å². The van der Waals surface area contributed by atoms with E-state index in [4.69, 9.17) is 25.8 Å². The molecule has 1 amide bonds. The quantitative estimate of drug-likeness (QED) is 0.168. The Balaban J connectivity index is 2.58. The zero-order chi connectivity index (χ0) is 26.0. The number of nitrogens with one attached hydrogen (secondary N) is 2. The molecule has 0 saturated carbocycles.